The van der Waals surface area contributed by atoms with Gasteiger partial charge in [-0.15, -0.1) is 0 Å². The molecule has 88 valence electrons. The lowest BCUT2D eigenvalue weighted by Gasteiger charge is -2.10. The first kappa shape index (κ1) is 11.5. The largest absolute Gasteiger partial charge is 0.370 e. The summed E-state index contributed by atoms with van der Waals surface area (Å²) >= 11 is 0. The molecule has 0 aliphatic carbocycles. The second kappa shape index (κ2) is 4.51. The number of rotatable bonds is 3. The number of hydrogen-bond acceptors (Lipinski definition) is 3. The van der Waals surface area contributed by atoms with Crippen molar-refractivity contribution in [2.75, 3.05) is 0 Å². The van der Waals surface area contributed by atoms with Gasteiger partial charge in [0.05, 0.1) is 5.52 Å². The number of aromatic nitrogens is 1. The molecule has 0 fully saturated rings. The Morgan fingerprint density at radius 2 is 2.12 bits per heavy atom. The van der Waals surface area contributed by atoms with Gasteiger partial charge in [-0.3, -0.25) is 9.78 Å². The molecule has 2 aromatic rings. The third kappa shape index (κ3) is 2.60. The Morgan fingerprint density at radius 1 is 1.35 bits per heavy atom. The number of primary amides is 1. The van der Waals surface area contributed by atoms with E-state index in [0.717, 1.165) is 22.2 Å². The highest BCUT2D eigenvalue weighted by Crippen LogP contribution is 2.20. The zero-order valence-corrected chi connectivity index (χ0v) is 9.68. The highest BCUT2D eigenvalue weighted by molar-refractivity contribution is 5.80. The molecule has 2 rings (SSSR count). The van der Waals surface area contributed by atoms with Crippen LogP contribution in [0.3, 0.4) is 0 Å². The van der Waals surface area contributed by atoms with Crippen LogP contribution in [0.25, 0.3) is 10.9 Å². The molecule has 4 N–H and O–H groups in total. The normalized spacial score (nSPS) is 12.6. The number of nitrogens with zero attached hydrogens (tertiary/aromatic N) is 1. The summed E-state index contributed by atoms with van der Waals surface area (Å²) in [6.07, 6.45) is 0.158. The number of carbonyl (C=O) groups excluding carboxylic acids is 1. The van der Waals surface area contributed by atoms with E-state index in [9.17, 15) is 4.79 Å². The van der Waals surface area contributed by atoms with Gasteiger partial charge in [0.25, 0.3) is 0 Å². The molecule has 0 aliphatic heterocycles. The Kier molecular flexibility index (Phi) is 3.06. The molecule has 1 aromatic carbocycles. The summed E-state index contributed by atoms with van der Waals surface area (Å²) < 4.78 is 0. The molecule has 0 bridgehead atoms. The number of fused-ring (bicyclic) bond motifs is 1. The summed E-state index contributed by atoms with van der Waals surface area (Å²) in [7, 11) is 0. The maximum atomic E-state index is 10.8. The molecule has 0 saturated carbocycles. The minimum atomic E-state index is -0.389. The van der Waals surface area contributed by atoms with Crippen molar-refractivity contribution in [2.24, 2.45) is 11.5 Å². The van der Waals surface area contributed by atoms with Crippen molar-refractivity contribution in [1.82, 2.24) is 4.98 Å². The lowest BCUT2D eigenvalue weighted by Crippen LogP contribution is -2.20. The summed E-state index contributed by atoms with van der Waals surface area (Å²) in [5, 5.41) is 1.02. The second-order valence-corrected chi connectivity index (χ2v) is 4.18. The van der Waals surface area contributed by atoms with Crippen LogP contribution >= 0.6 is 0 Å². The average Bonchev–Trinajstić information content (AvgIpc) is 2.27. The van der Waals surface area contributed by atoms with Crippen molar-refractivity contribution in [3.05, 3.63) is 41.6 Å². The fourth-order valence-electron chi connectivity index (χ4n) is 1.81. The topological polar surface area (TPSA) is 82.0 Å². The smallest absolute Gasteiger partial charge is 0.219 e. The number of amides is 1. The lowest BCUT2D eigenvalue weighted by molar-refractivity contribution is -0.118. The van der Waals surface area contributed by atoms with Gasteiger partial charge in [-0.2, -0.15) is 0 Å². The molecule has 1 atom stereocenters. The van der Waals surface area contributed by atoms with E-state index in [1.165, 1.54) is 0 Å². The van der Waals surface area contributed by atoms with E-state index in [1.54, 1.807) is 0 Å². The van der Waals surface area contributed by atoms with Gasteiger partial charge in [-0.05, 0) is 30.7 Å². The molecular formula is C13H15N3O. The predicted molar refractivity (Wildman–Crippen MR) is 67.2 cm³/mol. The Bertz CT molecular complexity index is 566. The van der Waals surface area contributed by atoms with E-state index in [1.807, 2.05) is 37.3 Å². The monoisotopic (exact) mass is 229 g/mol. The molecule has 0 spiro atoms. The molecule has 17 heavy (non-hydrogen) atoms. The SMILES string of the molecule is Cc1ccc2cc([C@H](N)CC(N)=O)ccc2n1. The van der Waals surface area contributed by atoms with Crippen LogP contribution in [0.5, 0.6) is 0 Å². The molecule has 4 heteroatoms. The third-order valence-corrected chi connectivity index (χ3v) is 2.70. The zero-order valence-electron chi connectivity index (χ0n) is 9.68. The zero-order chi connectivity index (χ0) is 12.4. The van der Waals surface area contributed by atoms with E-state index in [-0.39, 0.29) is 18.4 Å². The average molecular weight is 229 g/mol. The summed E-state index contributed by atoms with van der Waals surface area (Å²) in [5.41, 5.74) is 13.8. The third-order valence-electron chi connectivity index (χ3n) is 2.70. The Labute approximate surface area is 99.6 Å². The van der Waals surface area contributed by atoms with Crippen LogP contribution in [0.15, 0.2) is 30.3 Å². The quantitative estimate of drug-likeness (QED) is 0.835. The molecular weight excluding hydrogens is 214 g/mol. The Hall–Kier alpha value is -1.94. The van der Waals surface area contributed by atoms with Gasteiger partial charge in [-0.25, -0.2) is 0 Å². The maximum Gasteiger partial charge on any atom is 0.219 e. The Balaban J connectivity index is 2.37. The van der Waals surface area contributed by atoms with Crippen molar-refractivity contribution < 1.29 is 4.79 Å². The summed E-state index contributed by atoms with van der Waals surface area (Å²) in [5.74, 6) is -0.389. The van der Waals surface area contributed by atoms with E-state index >= 15 is 0 Å². The van der Waals surface area contributed by atoms with E-state index in [2.05, 4.69) is 4.98 Å². The molecule has 0 saturated heterocycles. The van der Waals surface area contributed by atoms with Crippen LogP contribution < -0.4 is 11.5 Å². The summed E-state index contributed by atoms with van der Waals surface area (Å²) in [6.45, 7) is 1.95. The first-order valence-electron chi connectivity index (χ1n) is 5.47. The van der Waals surface area contributed by atoms with Gasteiger partial charge < -0.3 is 11.5 Å². The number of benzene rings is 1. The standard InChI is InChI=1S/C13H15N3O/c1-8-2-3-10-6-9(4-5-12(10)16-8)11(14)7-13(15)17/h2-6,11H,7,14H2,1H3,(H2,15,17)/t11-/m1/s1. The van der Waals surface area contributed by atoms with Gasteiger partial charge in [0.2, 0.25) is 5.91 Å². The first-order chi connectivity index (χ1) is 8.06. The second-order valence-electron chi connectivity index (χ2n) is 4.18. The number of hydrogen-bond donors (Lipinski definition) is 2. The molecule has 4 nitrogen and oxygen atoms in total. The van der Waals surface area contributed by atoms with Crippen LogP contribution in [0.4, 0.5) is 0 Å². The van der Waals surface area contributed by atoms with Crippen molar-refractivity contribution in [2.45, 2.75) is 19.4 Å². The molecule has 1 amide bonds. The van der Waals surface area contributed by atoms with Crippen LogP contribution in [0.2, 0.25) is 0 Å². The number of carbonyl (C=O) groups is 1. The lowest BCUT2D eigenvalue weighted by atomic mass is 10.0. The number of nitrogens with two attached hydrogens (primary N) is 2. The van der Waals surface area contributed by atoms with E-state index in [0.29, 0.717) is 0 Å². The highest BCUT2D eigenvalue weighted by atomic mass is 16.1. The predicted octanol–water partition coefficient (Wildman–Crippen LogP) is 1.42. The minimum Gasteiger partial charge on any atom is -0.370 e. The van der Waals surface area contributed by atoms with Crippen molar-refractivity contribution in [3.63, 3.8) is 0 Å². The fraction of sp³-hybridized carbons (Fsp3) is 0.231. The van der Waals surface area contributed by atoms with Gasteiger partial charge in [-0.1, -0.05) is 12.1 Å². The molecule has 0 unspecified atom stereocenters. The summed E-state index contributed by atoms with van der Waals surface area (Å²) in [6, 6.07) is 9.36. The highest BCUT2D eigenvalue weighted by Gasteiger charge is 2.09. The van der Waals surface area contributed by atoms with Gasteiger partial charge in [0.1, 0.15) is 0 Å². The molecule has 1 heterocycles. The first-order valence-corrected chi connectivity index (χ1v) is 5.47. The van der Waals surface area contributed by atoms with Gasteiger partial charge in [0, 0.05) is 23.5 Å². The van der Waals surface area contributed by atoms with Crippen molar-refractivity contribution in [3.8, 4) is 0 Å². The maximum absolute atomic E-state index is 10.8. The van der Waals surface area contributed by atoms with Crippen LogP contribution in [-0.4, -0.2) is 10.9 Å². The fourth-order valence-corrected chi connectivity index (χ4v) is 1.81. The van der Waals surface area contributed by atoms with Crippen LogP contribution in [0, 0.1) is 6.92 Å². The van der Waals surface area contributed by atoms with E-state index < -0.39 is 0 Å². The van der Waals surface area contributed by atoms with Gasteiger partial charge in [0.15, 0.2) is 0 Å². The molecule has 0 radical (unpaired) electrons. The molecule has 1 aromatic heterocycles. The number of pyridine rings is 1. The molecule has 0 aliphatic rings. The van der Waals surface area contributed by atoms with Gasteiger partial charge >= 0.3 is 0 Å². The van der Waals surface area contributed by atoms with Crippen molar-refractivity contribution in [1.29, 1.82) is 0 Å². The van der Waals surface area contributed by atoms with E-state index in [4.69, 9.17) is 11.5 Å². The van der Waals surface area contributed by atoms with Crippen LogP contribution in [-0.2, 0) is 4.79 Å². The summed E-state index contributed by atoms with van der Waals surface area (Å²) in [4.78, 5) is 15.2. The number of aryl methyl sites for hydroxylation is 1. The minimum absolute atomic E-state index is 0.158. The Morgan fingerprint density at radius 3 is 2.82 bits per heavy atom. The van der Waals surface area contributed by atoms with Crippen molar-refractivity contribution >= 4 is 16.8 Å². The van der Waals surface area contributed by atoms with Crippen LogP contribution in [0.1, 0.15) is 23.7 Å².